The van der Waals surface area contributed by atoms with Crippen LogP contribution in [0.25, 0.3) is 11.1 Å². The Bertz CT molecular complexity index is 1360. The molecule has 172 valence electrons. The van der Waals surface area contributed by atoms with E-state index in [1.54, 1.807) is 0 Å². The molecule has 0 bridgehead atoms. The van der Waals surface area contributed by atoms with Crippen LogP contribution in [0.15, 0.2) is 121 Å². The average Bonchev–Trinajstić information content (AvgIpc) is 3.54. The smallest absolute Gasteiger partial charge is 0.117 e. The average molecular weight is 455 g/mol. The number of benzene rings is 3. The molecule has 6 unspecified atom stereocenters. The highest BCUT2D eigenvalue weighted by Gasteiger charge is 2.63. The number of fused-ring (bicyclic) bond motifs is 3. The molecular weight excluding hydrogens is 424 g/mol. The Balaban J connectivity index is 1.18. The van der Waals surface area contributed by atoms with Gasteiger partial charge < -0.3 is 0 Å². The van der Waals surface area contributed by atoms with Gasteiger partial charge in [-0.15, -0.1) is 0 Å². The molecule has 3 aromatic rings. The monoisotopic (exact) mass is 454 g/mol. The van der Waals surface area contributed by atoms with Crippen LogP contribution in [0.4, 0.5) is 0 Å². The lowest BCUT2D eigenvalue weighted by Gasteiger charge is -2.27. The van der Waals surface area contributed by atoms with Crippen LogP contribution < -0.4 is 0 Å². The molecule has 7 rings (SSSR count). The van der Waals surface area contributed by atoms with E-state index in [4.69, 9.17) is 0 Å². The van der Waals surface area contributed by atoms with Gasteiger partial charge in [0.2, 0.25) is 0 Å². The van der Waals surface area contributed by atoms with Crippen molar-refractivity contribution in [3.63, 3.8) is 0 Å². The van der Waals surface area contributed by atoms with E-state index in [1.165, 1.54) is 39.0 Å². The summed E-state index contributed by atoms with van der Waals surface area (Å²) in [6.45, 7) is 2.35. The molecule has 6 atom stereocenters. The minimum absolute atomic E-state index is 0.316. The molecule has 35 heavy (non-hydrogen) atoms. The summed E-state index contributed by atoms with van der Waals surface area (Å²) >= 11 is 0. The first-order valence-corrected chi connectivity index (χ1v) is 12.8. The van der Waals surface area contributed by atoms with E-state index in [0.29, 0.717) is 24.2 Å². The van der Waals surface area contributed by atoms with Gasteiger partial charge in [0.15, 0.2) is 0 Å². The SMILES string of the molecule is CC1C=CC=C2C(c3ccc(C4=CC=C(c5ccccc5)CC4)cc3)N3C(c4ccccc4)N3C21. The molecule has 3 aromatic carbocycles. The molecular formula is C33H30N2. The second-order valence-corrected chi connectivity index (χ2v) is 10.2. The zero-order valence-electron chi connectivity index (χ0n) is 20.1. The molecule has 2 saturated heterocycles. The van der Waals surface area contributed by atoms with Gasteiger partial charge in [0.05, 0.1) is 12.1 Å². The standard InChI is InChI=1S/C33H30N2/c1-23-9-8-14-30-31(23)34-33(29-12-6-3-7-13-29)35(34)32(30)28-21-19-27(20-22-28)26-17-15-25(16-18-26)24-10-4-2-5-11-24/h2-15,17,19-23,31-33H,16,18H2,1H3. The molecule has 4 aliphatic rings. The molecule has 2 aliphatic carbocycles. The van der Waals surface area contributed by atoms with Crippen LogP contribution in [0.5, 0.6) is 0 Å². The summed E-state index contributed by atoms with van der Waals surface area (Å²) < 4.78 is 0. The number of nitrogens with zero attached hydrogens (tertiary/aromatic N) is 2. The summed E-state index contributed by atoms with van der Waals surface area (Å²) in [5, 5.41) is 5.20. The van der Waals surface area contributed by atoms with Crippen molar-refractivity contribution in [2.45, 2.75) is 38.0 Å². The third-order valence-corrected chi connectivity index (χ3v) is 8.11. The molecule has 0 N–H and O–H groups in total. The predicted octanol–water partition coefficient (Wildman–Crippen LogP) is 7.73. The number of rotatable bonds is 4. The summed E-state index contributed by atoms with van der Waals surface area (Å²) in [4.78, 5) is 0. The van der Waals surface area contributed by atoms with Crippen LogP contribution in [0.3, 0.4) is 0 Å². The summed E-state index contributed by atoms with van der Waals surface area (Å²) in [6, 6.07) is 31.9. The van der Waals surface area contributed by atoms with E-state index >= 15 is 0 Å². The fourth-order valence-electron chi connectivity index (χ4n) is 6.34. The van der Waals surface area contributed by atoms with Crippen LogP contribution in [-0.2, 0) is 0 Å². The van der Waals surface area contributed by atoms with Crippen molar-refractivity contribution in [2.75, 3.05) is 0 Å². The molecule has 2 fully saturated rings. The Morgan fingerprint density at radius 2 is 1.26 bits per heavy atom. The van der Waals surface area contributed by atoms with Crippen molar-refractivity contribution in [1.29, 1.82) is 0 Å². The van der Waals surface area contributed by atoms with E-state index < -0.39 is 0 Å². The molecule has 2 heterocycles. The van der Waals surface area contributed by atoms with Crippen LogP contribution in [-0.4, -0.2) is 16.1 Å². The van der Waals surface area contributed by atoms with E-state index in [0.717, 1.165) is 12.8 Å². The summed E-state index contributed by atoms with van der Waals surface area (Å²) in [6.07, 6.45) is 14.2. The molecule has 0 aromatic heterocycles. The van der Waals surface area contributed by atoms with Gasteiger partial charge in [0, 0.05) is 0 Å². The first kappa shape index (κ1) is 20.9. The summed E-state index contributed by atoms with van der Waals surface area (Å²) in [5.74, 6) is 0.522. The van der Waals surface area contributed by atoms with E-state index in [2.05, 4.69) is 132 Å². The largest absolute Gasteiger partial charge is 0.208 e. The maximum Gasteiger partial charge on any atom is 0.117 e. The van der Waals surface area contributed by atoms with E-state index in [1.807, 2.05) is 0 Å². The maximum absolute atomic E-state index is 2.60. The molecule has 0 spiro atoms. The third-order valence-electron chi connectivity index (χ3n) is 8.11. The van der Waals surface area contributed by atoms with Crippen LogP contribution in [0.1, 0.15) is 54.2 Å². The lowest BCUT2D eigenvalue weighted by atomic mass is 9.83. The van der Waals surface area contributed by atoms with Gasteiger partial charge in [0.25, 0.3) is 0 Å². The second-order valence-electron chi connectivity index (χ2n) is 10.2. The molecule has 2 aliphatic heterocycles. The van der Waals surface area contributed by atoms with Gasteiger partial charge in [-0.05, 0) is 57.7 Å². The highest BCUT2D eigenvalue weighted by Crippen LogP contribution is 2.61. The van der Waals surface area contributed by atoms with Gasteiger partial charge in [-0.1, -0.05) is 122 Å². The molecule has 2 heteroatoms. The van der Waals surface area contributed by atoms with Crippen LogP contribution in [0.2, 0.25) is 0 Å². The molecule has 0 amide bonds. The zero-order valence-corrected chi connectivity index (χ0v) is 20.1. The maximum atomic E-state index is 2.60. The van der Waals surface area contributed by atoms with E-state index in [9.17, 15) is 0 Å². The highest BCUT2D eigenvalue weighted by atomic mass is 15.9. The Hall–Kier alpha value is -3.46. The number of hydrogen-bond donors (Lipinski definition) is 0. The fraction of sp³-hybridized carbons (Fsp3) is 0.212. The van der Waals surface area contributed by atoms with Gasteiger partial charge >= 0.3 is 0 Å². The third kappa shape index (κ3) is 3.48. The number of hydrogen-bond acceptors (Lipinski definition) is 2. The topological polar surface area (TPSA) is 6.02 Å². The van der Waals surface area contributed by atoms with Crippen LogP contribution in [0, 0.1) is 5.92 Å². The van der Waals surface area contributed by atoms with Gasteiger partial charge in [-0.2, -0.15) is 0 Å². The zero-order chi connectivity index (χ0) is 23.4. The Morgan fingerprint density at radius 3 is 1.91 bits per heavy atom. The predicted molar refractivity (Wildman–Crippen MR) is 144 cm³/mol. The van der Waals surface area contributed by atoms with Crippen molar-refractivity contribution in [2.24, 2.45) is 5.92 Å². The minimum Gasteiger partial charge on any atom is -0.208 e. The normalized spacial score (nSPS) is 30.6. The minimum atomic E-state index is 0.316. The second kappa shape index (κ2) is 8.34. The fourth-order valence-corrected chi connectivity index (χ4v) is 6.34. The Labute approximate surface area is 208 Å². The van der Waals surface area contributed by atoms with Crippen molar-refractivity contribution >= 4 is 11.1 Å². The van der Waals surface area contributed by atoms with Crippen molar-refractivity contribution in [3.05, 3.63) is 143 Å². The van der Waals surface area contributed by atoms with Crippen LogP contribution >= 0.6 is 0 Å². The quantitative estimate of drug-likeness (QED) is 0.372. The molecule has 0 radical (unpaired) electrons. The number of allylic oxidation sites excluding steroid dienone is 6. The van der Waals surface area contributed by atoms with E-state index in [-0.39, 0.29) is 0 Å². The summed E-state index contributed by atoms with van der Waals surface area (Å²) in [7, 11) is 0. The Kier molecular flexibility index (Phi) is 4.97. The summed E-state index contributed by atoms with van der Waals surface area (Å²) in [5.41, 5.74) is 9.88. The van der Waals surface area contributed by atoms with Gasteiger partial charge in [-0.3, -0.25) is 0 Å². The molecule has 2 nitrogen and oxygen atoms in total. The Morgan fingerprint density at radius 1 is 0.629 bits per heavy atom. The highest BCUT2D eigenvalue weighted by molar-refractivity contribution is 5.78. The van der Waals surface area contributed by atoms with Crippen molar-refractivity contribution < 1.29 is 0 Å². The van der Waals surface area contributed by atoms with Gasteiger partial charge in [-0.25, -0.2) is 10.0 Å². The lowest BCUT2D eigenvalue weighted by molar-refractivity contribution is 0.285. The first-order chi connectivity index (χ1) is 17.3. The lowest BCUT2D eigenvalue weighted by Crippen LogP contribution is -2.28. The van der Waals surface area contributed by atoms with Crippen molar-refractivity contribution in [3.8, 4) is 0 Å². The van der Waals surface area contributed by atoms with Gasteiger partial charge in [0.1, 0.15) is 6.17 Å². The molecule has 0 saturated carbocycles. The number of hydrazine groups is 1. The van der Waals surface area contributed by atoms with Crippen molar-refractivity contribution in [1.82, 2.24) is 10.0 Å². The first-order valence-electron chi connectivity index (χ1n) is 12.8.